The number of halogens is 2. The first kappa shape index (κ1) is 20.0. The third kappa shape index (κ3) is 4.27. The summed E-state index contributed by atoms with van der Waals surface area (Å²) < 4.78 is 24.5. The van der Waals surface area contributed by atoms with E-state index in [2.05, 4.69) is 50.5 Å². The van der Waals surface area contributed by atoms with Crippen LogP contribution in [0.15, 0.2) is 35.7 Å². The molecule has 0 spiro atoms. The van der Waals surface area contributed by atoms with Crippen LogP contribution < -0.4 is 10.4 Å². The fourth-order valence-corrected chi connectivity index (χ4v) is 4.06. The van der Waals surface area contributed by atoms with Crippen molar-refractivity contribution in [1.82, 2.24) is 0 Å². The zero-order valence-corrected chi connectivity index (χ0v) is 18.7. The SMILES string of the molecule is CC1=C[N-]c2c3c(ccc2=C1C)=C(C)C(C)=C[N-]3.C[CH2][Sn]([F])([F])[CH2]C. The van der Waals surface area contributed by atoms with Crippen LogP contribution in [0.3, 0.4) is 0 Å². The number of hydrogen-bond acceptors (Lipinski definition) is 0. The Morgan fingerprint density at radius 2 is 1.12 bits per heavy atom. The van der Waals surface area contributed by atoms with Gasteiger partial charge in [0.25, 0.3) is 0 Å². The number of nitrogens with zero attached hydrogens (tertiary/aromatic N) is 2. The molecule has 1 aromatic carbocycles. The van der Waals surface area contributed by atoms with Crippen LogP contribution in [0.25, 0.3) is 21.8 Å². The van der Waals surface area contributed by atoms with Gasteiger partial charge in [-0.2, -0.15) is 12.4 Å². The summed E-state index contributed by atoms with van der Waals surface area (Å²) in [4.78, 5) is 0. The monoisotopic (exact) mass is 452 g/mol. The Balaban J connectivity index is 0.000000277. The van der Waals surface area contributed by atoms with Crippen LogP contribution in [0.4, 0.5) is 17.1 Å². The average molecular weight is 451 g/mol. The predicted molar refractivity (Wildman–Crippen MR) is 106 cm³/mol. The van der Waals surface area contributed by atoms with Crippen LogP contribution in [0.2, 0.25) is 8.87 Å². The first-order valence-electron chi connectivity index (χ1n) is 8.70. The second-order valence-corrected chi connectivity index (χ2v) is 15.5. The fourth-order valence-electron chi connectivity index (χ4n) is 2.64. The summed E-state index contributed by atoms with van der Waals surface area (Å²) in [5.74, 6) is 0. The van der Waals surface area contributed by atoms with E-state index in [0.717, 1.165) is 11.4 Å². The van der Waals surface area contributed by atoms with Crippen molar-refractivity contribution in [3.63, 3.8) is 0 Å². The molecule has 5 heteroatoms. The molecule has 25 heavy (non-hydrogen) atoms. The van der Waals surface area contributed by atoms with E-state index in [1.54, 1.807) is 13.8 Å². The molecule has 1 aromatic rings. The summed E-state index contributed by atoms with van der Waals surface area (Å²) in [5, 5.41) is 11.6. The van der Waals surface area contributed by atoms with E-state index in [4.69, 9.17) is 0 Å². The molecule has 0 saturated heterocycles. The van der Waals surface area contributed by atoms with E-state index in [-0.39, 0.29) is 8.87 Å². The molecule has 2 heterocycles. The van der Waals surface area contributed by atoms with Gasteiger partial charge in [-0.1, -0.05) is 23.3 Å². The molecule has 0 bridgehead atoms. The van der Waals surface area contributed by atoms with Gasteiger partial charge in [0.1, 0.15) is 0 Å². The van der Waals surface area contributed by atoms with Crippen molar-refractivity contribution in [2.45, 2.75) is 50.4 Å². The van der Waals surface area contributed by atoms with Gasteiger partial charge in [0.05, 0.1) is 0 Å². The van der Waals surface area contributed by atoms with Crippen LogP contribution in [-0.4, -0.2) is 19.5 Å². The van der Waals surface area contributed by atoms with Crippen molar-refractivity contribution in [1.29, 1.82) is 0 Å². The fraction of sp³-hybridized carbons (Fsp3) is 0.400. The Labute approximate surface area is 154 Å². The second kappa shape index (κ2) is 7.94. The van der Waals surface area contributed by atoms with Crippen molar-refractivity contribution < 1.29 is 5.73 Å². The third-order valence-corrected chi connectivity index (χ3v) is 10.9. The molecule has 0 aliphatic carbocycles. The van der Waals surface area contributed by atoms with Gasteiger partial charge >= 0.3 is 48.0 Å². The number of hydrogen-bond donors (Lipinski definition) is 0. The van der Waals surface area contributed by atoms with E-state index >= 15 is 0 Å². The average Bonchev–Trinajstić information content (AvgIpc) is 2.61. The van der Waals surface area contributed by atoms with Crippen molar-refractivity contribution in [2.24, 2.45) is 0 Å². The summed E-state index contributed by atoms with van der Waals surface area (Å²) in [6.45, 7) is 11.6. The van der Waals surface area contributed by atoms with Crippen LogP contribution in [0.1, 0.15) is 41.5 Å². The Morgan fingerprint density at radius 1 is 0.760 bits per heavy atom. The van der Waals surface area contributed by atoms with E-state index in [1.165, 1.54) is 32.7 Å². The minimum atomic E-state index is -4.28. The normalized spacial score (nSPS) is 15.7. The maximum atomic E-state index is 12.1. The number of benzene rings is 1. The molecule has 0 saturated carbocycles. The topological polar surface area (TPSA) is 28.2 Å². The molecule has 0 fully saturated rings. The summed E-state index contributed by atoms with van der Waals surface area (Å²) in [6.07, 6.45) is 3.88. The molecule has 2 nitrogen and oxygen atoms in total. The predicted octanol–water partition coefficient (Wildman–Crippen LogP) is 6.28. The molecule has 0 aromatic heterocycles. The molecule has 0 atom stereocenters. The molecule has 0 unspecified atom stereocenters. The van der Waals surface area contributed by atoms with E-state index in [1.807, 2.05) is 12.4 Å². The molecule has 3 rings (SSSR count). The summed E-state index contributed by atoms with van der Waals surface area (Å²) in [6, 6.07) is 4.34. The van der Waals surface area contributed by atoms with Gasteiger partial charge in [0.2, 0.25) is 0 Å². The summed E-state index contributed by atoms with van der Waals surface area (Å²) >= 11 is -4.28. The van der Waals surface area contributed by atoms with Gasteiger partial charge in [-0.3, -0.25) is 0 Å². The molecule has 0 N–H and O–H groups in total. The van der Waals surface area contributed by atoms with Crippen molar-refractivity contribution in [3.05, 3.63) is 56.7 Å². The zero-order valence-electron chi connectivity index (χ0n) is 15.9. The first-order chi connectivity index (χ1) is 11.7. The van der Waals surface area contributed by atoms with Crippen molar-refractivity contribution in [2.75, 3.05) is 0 Å². The number of allylic oxidation sites excluding steroid dienone is 2. The molecule has 2 aliphatic heterocycles. The van der Waals surface area contributed by atoms with Gasteiger partial charge in [0.15, 0.2) is 0 Å². The Morgan fingerprint density at radius 3 is 1.40 bits per heavy atom. The van der Waals surface area contributed by atoms with Gasteiger partial charge in [0, 0.05) is 0 Å². The van der Waals surface area contributed by atoms with Crippen LogP contribution >= 0.6 is 0 Å². The van der Waals surface area contributed by atoms with E-state index in [0.29, 0.717) is 0 Å². The Kier molecular flexibility index (Phi) is 6.35. The van der Waals surface area contributed by atoms with E-state index in [9.17, 15) is 5.73 Å². The molecular weight excluding hydrogens is 425 g/mol. The molecule has 136 valence electrons. The van der Waals surface area contributed by atoms with Crippen LogP contribution in [0, 0.1) is 0 Å². The maximum absolute atomic E-state index is 12.1. The summed E-state index contributed by atoms with van der Waals surface area (Å²) in [7, 11) is 0. The quantitative estimate of drug-likeness (QED) is 0.474. The van der Waals surface area contributed by atoms with Crippen LogP contribution in [-0.2, 0) is 0 Å². The molecule has 0 amide bonds. The van der Waals surface area contributed by atoms with Gasteiger partial charge < -0.3 is 10.6 Å². The number of rotatable bonds is 2. The minimum absolute atomic E-state index is 0.172. The summed E-state index contributed by atoms with van der Waals surface area (Å²) in [5.41, 5.74) is 7.07. The molecule has 0 radical (unpaired) electrons. The third-order valence-electron chi connectivity index (χ3n) is 4.95. The zero-order chi connectivity index (χ0) is 18.8. The van der Waals surface area contributed by atoms with E-state index < -0.39 is 19.5 Å². The van der Waals surface area contributed by atoms with Gasteiger partial charge in [-0.15, -0.1) is 11.4 Å². The first-order valence-corrected chi connectivity index (χ1v) is 14.9. The van der Waals surface area contributed by atoms with Crippen molar-refractivity contribution in [3.8, 4) is 0 Å². The Bertz CT molecular complexity index is 782. The van der Waals surface area contributed by atoms with Crippen molar-refractivity contribution >= 4 is 42.0 Å². The number of fused-ring (bicyclic) bond motifs is 3. The standard InChI is InChI=1S/C16H16N2.2C2H5.2FH.Sn/c1-9-7-17-15-13(11(9)3)5-6-14-12(4)10(2)8-18-16(14)15;2*1-2;;;/h5-8H,1-4H3;2*1H2,2H3;2*1H;/q-2;;;;;+2/p-2. The van der Waals surface area contributed by atoms with Gasteiger partial charge in [-0.25, -0.2) is 0 Å². The van der Waals surface area contributed by atoms with Crippen LogP contribution in [0.5, 0.6) is 0 Å². The molecular formula is C20H26F2N2Sn-2. The van der Waals surface area contributed by atoms with Gasteiger partial charge in [-0.05, 0) is 49.3 Å². The molecule has 2 aliphatic rings. The Hall–Kier alpha value is -1.30. The second-order valence-electron chi connectivity index (χ2n) is 6.55.